The third kappa shape index (κ3) is 1.72. The molecule has 0 atom stereocenters. The van der Waals surface area contributed by atoms with E-state index in [0.717, 1.165) is 11.1 Å². The van der Waals surface area contributed by atoms with Crippen molar-refractivity contribution in [3.63, 3.8) is 0 Å². The van der Waals surface area contributed by atoms with Crippen LogP contribution in [0.2, 0.25) is 5.02 Å². The Labute approximate surface area is 101 Å². The van der Waals surface area contributed by atoms with Crippen molar-refractivity contribution in [1.82, 2.24) is 14.6 Å². The van der Waals surface area contributed by atoms with Gasteiger partial charge in [-0.25, -0.2) is 4.52 Å². The van der Waals surface area contributed by atoms with E-state index in [2.05, 4.69) is 10.1 Å². The Hall–Kier alpha value is -2.07. The second-order valence-electron chi connectivity index (χ2n) is 3.68. The third-order valence-corrected chi connectivity index (χ3v) is 2.84. The van der Waals surface area contributed by atoms with Crippen LogP contribution in [0.15, 0.2) is 47.7 Å². The molecule has 0 radical (unpaired) electrons. The lowest BCUT2D eigenvalue weighted by Gasteiger charge is -1.96. The maximum Gasteiger partial charge on any atom is 0.275 e. The van der Waals surface area contributed by atoms with Gasteiger partial charge in [-0.05, 0) is 23.8 Å². The first-order chi connectivity index (χ1) is 8.24. The fraction of sp³-hybridized carbons (Fsp3) is 0. The van der Waals surface area contributed by atoms with Gasteiger partial charge in [-0.3, -0.25) is 4.79 Å². The quantitative estimate of drug-likeness (QED) is 0.715. The molecule has 84 valence electrons. The van der Waals surface area contributed by atoms with E-state index >= 15 is 0 Å². The fourth-order valence-corrected chi connectivity index (χ4v) is 1.87. The van der Waals surface area contributed by atoms with Crippen molar-refractivity contribution < 1.29 is 0 Å². The highest BCUT2D eigenvalue weighted by Crippen LogP contribution is 2.22. The van der Waals surface area contributed by atoms with Crippen LogP contribution >= 0.6 is 11.6 Å². The largest absolute Gasteiger partial charge is 0.310 e. The molecule has 1 aromatic carbocycles. The molecule has 0 spiro atoms. The molecule has 0 saturated heterocycles. The van der Waals surface area contributed by atoms with Gasteiger partial charge < -0.3 is 4.98 Å². The predicted octanol–water partition coefficient (Wildman–Crippen LogP) is 2.34. The molecule has 0 fully saturated rings. The summed E-state index contributed by atoms with van der Waals surface area (Å²) in [4.78, 5) is 14.1. The number of nitrogens with zero attached hydrogens (tertiary/aromatic N) is 2. The van der Waals surface area contributed by atoms with Crippen molar-refractivity contribution >= 4 is 17.1 Å². The number of halogens is 1. The van der Waals surface area contributed by atoms with Gasteiger partial charge in [-0.15, -0.1) is 0 Å². The highest BCUT2D eigenvalue weighted by molar-refractivity contribution is 6.30. The van der Waals surface area contributed by atoms with Gasteiger partial charge in [-0.2, -0.15) is 5.10 Å². The standard InChI is InChI=1S/C12H8ClN3O/c13-10-3-1-8(2-4-10)9-5-11-12(17)14-7-15-16(11)6-9/h1-7H,(H,14,15,17). The normalized spacial score (nSPS) is 10.9. The third-order valence-electron chi connectivity index (χ3n) is 2.59. The van der Waals surface area contributed by atoms with E-state index in [1.165, 1.54) is 6.33 Å². The van der Waals surface area contributed by atoms with Crippen LogP contribution in [-0.4, -0.2) is 14.6 Å². The van der Waals surface area contributed by atoms with Crippen LogP contribution < -0.4 is 5.56 Å². The lowest BCUT2D eigenvalue weighted by Crippen LogP contribution is -2.09. The van der Waals surface area contributed by atoms with Crippen molar-refractivity contribution in [2.24, 2.45) is 0 Å². The Morgan fingerprint density at radius 2 is 1.94 bits per heavy atom. The van der Waals surface area contributed by atoms with E-state index in [4.69, 9.17) is 11.6 Å². The van der Waals surface area contributed by atoms with E-state index in [1.807, 2.05) is 30.5 Å². The van der Waals surface area contributed by atoms with Crippen molar-refractivity contribution in [3.8, 4) is 11.1 Å². The number of benzene rings is 1. The van der Waals surface area contributed by atoms with Crippen molar-refractivity contribution in [2.75, 3.05) is 0 Å². The summed E-state index contributed by atoms with van der Waals surface area (Å²) in [7, 11) is 0. The van der Waals surface area contributed by atoms with Crippen LogP contribution in [0.25, 0.3) is 16.6 Å². The fourth-order valence-electron chi connectivity index (χ4n) is 1.74. The maximum atomic E-state index is 11.5. The van der Waals surface area contributed by atoms with E-state index in [-0.39, 0.29) is 5.56 Å². The molecular formula is C12H8ClN3O. The maximum absolute atomic E-state index is 11.5. The van der Waals surface area contributed by atoms with Crippen LogP contribution in [0.1, 0.15) is 0 Å². The second-order valence-corrected chi connectivity index (χ2v) is 4.12. The lowest BCUT2D eigenvalue weighted by atomic mass is 10.1. The minimum atomic E-state index is -0.153. The molecule has 0 aliphatic heterocycles. The van der Waals surface area contributed by atoms with Gasteiger partial charge in [0.1, 0.15) is 11.8 Å². The minimum absolute atomic E-state index is 0.153. The first-order valence-electron chi connectivity index (χ1n) is 5.06. The molecule has 4 nitrogen and oxygen atoms in total. The number of aromatic nitrogens is 3. The topological polar surface area (TPSA) is 50.2 Å². The highest BCUT2D eigenvalue weighted by atomic mass is 35.5. The molecule has 0 aliphatic rings. The number of hydrogen-bond acceptors (Lipinski definition) is 2. The first kappa shape index (κ1) is 10.1. The van der Waals surface area contributed by atoms with E-state index in [9.17, 15) is 4.79 Å². The Kier molecular flexibility index (Phi) is 2.23. The number of H-pyrrole nitrogens is 1. The molecule has 0 aliphatic carbocycles. The van der Waals surface area contributed by atoms with Crippen LogP contribution in [0.3, 0.4) is 0 Å². The molecule has 1 N–H and O–H groups in total. The monoisotopic (exact) mass is 245 g/mol. The van der Waals surface area contributed by atoms with E-state index < -0.39 is 0 Å². The van der Waals surface area contributed by atoms with Gasteiger partial charge in [0.2, 0.25) is 0 Å². The van der Waals surface area contributed by atoms with Gasteiger partial charge in [0.25, 0.3) is 5.56 Å². The van der Waals surface area contributed by atoms with Gasteiger partial charge in [0.05, 0.1) is 0 Å². The van der Waals surface area contributed by atoms with Gasteiger partial charge in [0, 0.05) is 16.8 Å². The van der Waals surface area contributed by atoms with Crippen molar-refractivity contribution in [2.45, 2.75) is 0 Å². The van der Waals surface area contributed by atoms with Gasteiger partial charge in [0.15, 0.2) is 0 Å². The van der Waals surface area contributed by atoms with Gasteiger partial charge >= 0.3 is 0 Å². The molecule has 0 unspecified atom stereocenters. The molecule has 2 aromatic heterocycles. The average Bonchev–Trinajstić information content (AvgIpc) is 2.75. The summed E-state index contributed by atoms with van der Waals surface area (Å²) in [5.74, 6) is 0. The molecule has 5 heteroatoms. The Morgan fingerprint density at radius 1 is 1.18 bits per heavy atom. The average molecular weight is 246 g/mol. The van der Waals surface area contributed by atoms with Crippen LogP contribution in [0.4, 0.5) is 0 Å². The zero-order chi connectivity index (χ0) is 11.8. The molecule has 0 bridgehead atoms. The van der Waals surface area contributed by atoms with Crippen molar-refractivity contribution in [1.29, 1.82) is 0 Å². The second kappa shape index (κ2) is 3.75. The summed E-state index contributed by atoms with van der Waals surface area (Å²) in [6.07, 6.45) is 3.19. The van der Waals surface area contributed by atoms with Crippen LogP contribution in [-0.2, 0) is 0 Å². The number of fused-ring (bicyclic) bond motifs is 1. The molecule has 2 heterocycles. The Balaban J connectivity index is 2.21. The smallest absolute Gasteiger partial charge is 0.275 e. The summed E-state index contributed by atoms with van der Waals surface area (Å²) in [6.45, 7) is 0. The summed E-state index contributed by atoms with van der Waals surface area (Å²) in [5, 5.41) is 4.73. The van der Waals surface area contributed by atoms with Crippen LogP contribution in [0.5, 0.6) is 0 Å². The molecule has 0 saturated carbocycles. The number of nitrogens with one attached hydrogen (secondary N) is 1. The summed E-state index contributed by atoms with van der Waals surface area (Å²) in [5.41, 5.74) is 2.31. The first-order valence-corrected chi connectivity index (χ1v) is 5.44. The Bertz CT molecular complexity index is 727. The number of hydrogen-bond donors (Lipinski definition) is 1. The molecule has 17 heavy (non-hydrogen) atoms. The van der Waals surface area contributed by atoms with E-state index in [1.54, 1.807) is 10.6 Å². The zero-order valence-electron chi connectivity index (χ0n) is 8.72. The molecule has 3 aromatic rings. The SMILES string of the molecule is O=c1[nH]cnn2cc(-c3ccc(Cl)cc3)cc12. The predicted molar refractivity (Wildman–Crippen MR) is 66.3 cm³/mol. The summed E-state index contributed by atoms with van der Waals surface area (Å²) >= 11 is 5.83. The van der Waals surface area contributed by atoms with Crippen LogP contribution in [0, 0.1) is 0 Å². The number of aromatic amines is 1. The summed E-state index contributed by atoms with van der Waals surface area (Å²) < 4.78 is 1.56. The van der Waals surface area contributed by atoms with E-state index in [0.29, 0.717) is 10.5 Å². The molecule has 0 amide bonds. The zero-order valence-corrected chi connectivity index (χ0v) is 9.48. The minimum Gasteiger partial charge on any atom is -0.310 e. The lowest BCUT2D eigenvalue weighted by molar-refractivity contribution is 0.889. The summed E-state index contributed by atoms with van der Waals surface area (Å²) in [6, 6.07) is 9.25. The number of rotatable bonds is 1. The van der Waals surface area contributed by atoms with Gasteiger partial charge in [-0.1, -0.05) is 23.7 Å². The molecule has 3 rings (SSSR count). The highest BCUT2D eigenvalue weighted by Gasteiger charge is 2.05. The van der Waals surface area contributed by atoms with Crippen molar-refractivity contribution in [3.05, 3.63) is 58.2 Å². The molecular weight excluding hydrogens is 238 g/mol. The Morgan fingerprint density at radius 3 is 2.65 bits per heavy atom.